The molecule has 2 aromatic rings. The van der Waals surface area contributed by atoms with Gasteiger partial charge < -0.3 is 10.1 Å². The smallest absolute Gasteiger partial charge is 0.331 e. The molecule has 0 saturated carbocycles. The van der Waals surface area contributed by atoms with Crippen LogP contribution in [0.5, 0.6) is 0 Å². The van der Waals surface area contributed by atoms with Gasteiger partial charge in [-0.2, -0.15) is 0 Å². The first-order chi connectivity index (χ1) is 11.5. The molecule has 5 heteroatoms. The van der Waals surface area contributed by atoms with Crippen molar-refractivity contribution in [2.45, 2.75) is 13.8 Å². The Kier molecular flexibility index (Phi) is 5.84. The average Bonchev–Trinajstić information content (AvgIpc) is 2.56. The molecule has 0 heterocycles. The zero-order valence-electron chi connectivity index (χ0n) is 13.5. The molecule has 0 fully saturated rings. The highest BCUT2D eigenvalue weighted by molar-refractivity contribution is 5.95. The number of aryl methyl sites for hydroxylation is 2. The van der Waals surface area contributed by atoms with Crippen molar-refractivity contribution < 1.29 is 18.7 Å². The molecule has 2 rings (SSSR count). The van der Waals surface area contributed by atoms with Gasteiger partial charge in [0.15, 0.2) is 6.61 Å². The zero-order valence-corrected chi connectivity index (χ0v) is 13.5. The van der Waals surface area contributed by atoms with Crippen LogP contribution in [0.3, 0.4) is 0 Å². The molecule has 1 N–H and O–H groups in total. The van der Waals surface area contributed by atoms with E-state index in [9.17, 15) is 14.0 Å². The van der Waals surface area contributed by atoms with E-state index in [4.69, 9.17) is 4.74 Å². The SMILES string of the molecule is Cc1cccc(C)c1NC(=O)COC(=O)/C=C/c1ccccc1F. The van der Waals surface area contributed by atoms with Gasteiger partial charge in [-0.1, -0.05) is 36.4 Å². The van der Waals surface area contributed by atoms with E-state index in [2.05, 4.69) is 5.32 Å². The molecule has 0 aliphatic rings. The molecule has 24 heavy (non-hydrogen) atoms. The van der Waals surface area contributed by atoms with Crippen molar-refractivity contribution in [1.29, 1.82) is 0 Å². The lowest BCUT2D eigenvalue weighted by atomic mass is 10.1. The van der Waals surface area contributed by atoms with Gasteiger partial charge in [-0.3, -0.25) is 4.79 Å². The van der Waals surface area contributed by atoms with E-state index in [-0.39, 0.29) is 5.56 Å². The standard InChI is InChI=1S/C19H18FNO3/c1-13-6-5-7-14(2)19(13)21-17(22)12-24-18(23)11-10-15-8-3-4-9-16(15)20/h3-11H,12H2,1-2H3,(H,21,22)/b11-10+. The van der Waals surface area contributed by atoms with Crippen molar-refractivity contribution >= 4 is 23.6 Å². The molecule has 0 unspecified atom stereocenters. The molecule has 0 bridgehead atoms. The van der Waals surface area contributed by atoms with Crippen LogP contribution in [0, 0.1) is 19.7 Å². The van der Waals surface area contributed by atoms with E-state index in [0.717, 1.165) is 17.2 Å². The summed E-state index contributed by atoms with van der Waals surface area (Å²) in [5, 5.41) is 2.72. The summed E-state index contributed by atoms with van der Waals surface area (Å²) in [5.74, 6) is -1.58. The number of hydrogen-bond acceptors (Lipinski definition) is 3. The number of ether oxygens (including phenoxy) is 1. The summed E-state index contributed by atoms with van der Waals surface area (Å²) >= 11 is 0. The first-order valence-electron chi connectivity index (χ1n) is 7.43. The Morgan fingerprint density at radius 1 is 1.08 bits per heavy atom. The van der Waals surface area contributed by atoms with Crippen LogP contribution in [0.15, 0.2) is 48.5 Å². The fraction of sp³-hybridized carbons (Fsp3) is 0.158. The number of amides is 1. The number of anilines is 1. The Morgan fingerprint density at radius 2 is 1.75 bits per heavy atom. The van der Waals surface area contributed by atoms with Crippen LogP contribution >= 0.6 is 0 Å². The molecule has 0 aliphatic carbocycles. The van der Waals surface area contributed by atoms with Gasteiger partial charge in [0, 0.05) is 17.3 Å². The van der Waals surface area contributed by atoms with Crippen molar-refractivity contribution in [3.05, 3.63) is 71.0 Å². The predicted molar refractivity (Wildman–Crippen MR) is 90.9 cm³/mol. The van der Waals surface area contributed by atoms with Gasteiger partial charge in [0.05, 0.1) is 0 Å². The van der Waals surface area contributed by atoms with Crippen LogP contribution in [0.4, 0.5) is 10.1 Å². The van der Waals surface area contributed by atoms with E-state index >= 15 is 0 Å². The van der Waals surface area contributed by atoms with Crippen molar-refractivity contribution in [2.24, 2.45) is 0 Å². The van der Waals surface area contributed by atoms with Crippen LogP contribution in [0.25, 0.3) is 6.08 Å². The molecular formula is C19H18FNO3. The lowest BCUT2D eigenvalue weighted by Gasteiger charge is -2.11. The van der Waals surface area contributed by atoms with Crippen molar-refractivity contribution in [1.82, 2.24) is 0 Å². The molecule has 124 valence electrons. The van der Waals surface area contributed by atoms with Gasteiger partial charge in [0.2, 0.25) is 0 Å². The van der Waals surface area contributed by atoms with Gasteiger partial charge >= 0.3 is 5.97 Å². The van der Waals surface area contributed by atoms with E-state index in [1.165, 1.54) is 18.2 Å². The highest BCUT2D eigenvalue weighted by atomic mass is 19.1. The first kappa shape index (κ1) is 17.4. The number of nitrogens with one attached hydrogen (secondary N) is 1. The minimum absolute atomic E-state index is 0.273. The molecule has 0 atom stereocenters. The lowest BCUT2D eigenvalue weighted by Crippen LogP contribution is -2.21. The molecule has 0 spiro atoms. The molecule has 0 aliphatic heterocycles. The van der Waals surface area contributed by atoms with Gasteiger partial charge in [-0.15, -0.1) is 0 Å². The lowest BCUT2D eigenvalue weighted by molar-refractivity contribution is -0.142. The number of hydrogen-bond donors (Lipinski definition) is 1. The Balaban J connectivity index is 1.88. The Morgan fingerprint density at radius 3 is 2.42 bits per heavy atom. The fourth-order valence-corrected chi connectivity index (χ4v) is 2.14. The third-order valence-corrected chi connectivity index (χ3v) is 3.40. The molecule has 4 nitrogen and oxygen atoms in total. The Labute approximate surface area is 140 Å². The van der Waals surface area contributed by atoms with Crippen molar-refractivity contribution in [3.8, 4) is 0 Å². The minimum Gasteiger partial charge on any atom is -0.452 e. The van der Waals surface area contributed by atoms with Crippen LogP contribution in [0.2, 0.25) is 0 Å². The minimum atomic E-state index is -0.713. The van der Waals surface area contributed by atoms with Gasteiger partial charge in [0.1, 0.15) is 5.82 Å². The number of halogens is 1. The molecule has 2 aromatic carbocycles. The molecule has 0 aromatic heterocycles. The second-order valence-electron chi connectivity index (χ2n) is 5.28. The highest BCUT2D eigenvalue weighted by Crippen LogP contribution is 2.19. The first-order valence-corrected chi connectivity index (χ1v) is 7.43. The van der Waals surface area contributed by atoms with Gasteiger partial charge in [-0.05, 0) is 37.1 Å². The van der Waals surface area contributed by atoms with E-state index in [0.29, 0.717) is 5.69 Å². The van der Waals surface area contributed by atoms with E-state index < -0.39 is 24.3 Å². The monoisotopic (exact) mass is 327 g/mol. The van der Waals surface area contributed by atoms with Crippen LogP contribution in [-0.4, -0.2) is 18.5 Å². The average molecular weight is 327 g/mol. The van der Waals surface area contributed by atoms with Crippen LogP contribution in [-0.2, 0) is 14.3 Å². The summed E-state index contributed by atoms with van der Waals surface area (Å²) in [6.45, 7) is 3.35. The molecular weight excluding hydrogens is 309 g/mol. The van der Waals surface area contributed by atoms with Crippen molar-refractivity contribution in [2.75, 3.05) is 11.9 Å². The fourth-order valence-electron chi connectivity index (χ4n) is 2.14. The summed E-state index contributed by atoms with van der Waals surface area (Å²) < 4.78 is 18.3. The largest absolute Gasteiger partial charge is 0.452 e. The Bertz CT molecular complexity index is 764. The Hall–Kier alpha value is -2.95. The van der Waals surface area contributed by atoms with Gasteiger partial charge in [0.25, 0.3) is 5.91 Å². The number of carbonyl (C=O) groups excluding carboxylic acids is 2. The topological polar surface area (TPSA) is 55.4 Å². The summed E-state index contributed by atoms with van der Waals surface area (Å²) in [7, 11) is 0. The maximum atomic E-state index is 13.4. The summed E-state index contributed by atoms with van der Waals surface area (Å²) in [4.78, 5) is 23.5. The van der Waals surface area contributed by atoms with Crippen molar-refractivity contribution in [3.63, 3.8) is 0 Å². The summed E-state index contributed by atoms with van der Waals surface area (Å²) in [6, 6.07) is 11.7. The molecule has 1 amide bonds. The maximum absolute atomic E-state index is 13.4. The van der Waals surface area contributed by atoms with Gasteiger partial charge in [-0.25, -0.2) is 9.18 Å². The molecule has 0 saturated heterocycles. The third kappa shape index (κ3) is 4.78. The van der Waals surface area contributed by atoms with E-state index in [1.54, 1.807) is 12.1 Å². The van der Waals surface area contributed by atoms with Crippen LogP contribution in [0.1, 0.15) is 16.7 Å². The number of para-hydroxylation sites is 1. The van der Waals surface area contributed by atoms with Crippen LogP contribution < -0.4 is 5.32 Å². The maximum Gasteiger partial charge on any atom is 0.331 e. The number of carbonyl (C=O) groups is 2. The quantitative estimate of drug-likeness (QED) is 0.674. The second-order valence-corrected chi connectivity index (χ2v) is 5.28. The number of benzene rings is 2. The number of rotatable bonds is 5. The second kappa shape index (κ2) is 8.06. The third-order valence-electron chi connectivity index (χ3n) is 3.40. The highest BCUT2D eigenvalue weighted by Gasteiger charge is 2.09. The van der Waals surface area contributed by atoms with E-state index in [1.807, 2.05) is 32.0 Å². The molecule has 0 radical (unpaired) electrons. The normalized spacial score (nSPS) is 10.6. The summed E-state index contributed by atoms with van der Waals surface area (Å²) in [6.07, 6.45) is 2.39. The predicted octanol–water partition coefficient (Wildman–Crippen LogP) is 3.64. The zero-order chi connectivity index (χ0) is 17.5. The number of esters is 1. The summed E-state index contributed by atoms with van der Waals surface area (Å²) in [5.41, 5.74) is 2.83.